The third-order valence-corrected chi connectivity index (χ3v) is 3.97. The Bertz CT molecular complexity index is 583. The summed E-state index contributed by atoms with van der Waals surface area (Å²) in [5.41, 5.74) is 0.562. The molecule has 138 valence electrons. The van der Waals surface area contributed by atoms with E-state index in [9.17, 15) is 9.59 Å². The summed E-state index contributed by atoms with van der Waals surface area (Å²) in [5, 5.41) is 3.38. The van der Waals surface area contributed by atoms with Crippen molar-refractivity contribution in [3.05, 3.63) is 35.9 Å². The first kappa shape index (κ1) is 19.2. The standard InChI is InChI=1S/C19H28N2O4/c1-5-24-17(22)15-12-21(18(23)25-19(2,3)4)13-16(15)20-11-14-9-7-6-8-10-14/h6-10,15-16,20H,5,11-13H2,1-4H3/t15-,16-/m1/s1. The molecule has 6 heteroatoms. The Balaban J connectivity index is 2.03. The minimum atomic E-state index is -0.563. The summed E-state index contributed by atoms with van der Waals surface area (Å²) in [6, 6.07) is 9.79. The highest BCUT2D eigenvalue weighted by atomic mass is 16.6. The van der Waals surface area contributed by atoms with Gasteiger partial charge in [0.15, 0.2) is 0 Å². The Hall–Kier alpha value is -2.08. The lowest BCUT2D eigenvalue weighted by Crippen LogP contribution is -2.40. The van der Waals surface area contributed by atoms with Gasteiger partial charge >= 0.3 is 12.1 Å². The zero-order valence-electron chi connectivity index (χ0n) is 15.5. The van der Waals surface area contributed by atoms with Crippen LogP contribution in [0.25, 0.3) is 0 Å². The zero-order valence-corrected chi connectivity index (χ0v) is 15.5. The monoisotopic (exact) mass is 348 g/mol. The van der Waals surface area contributed by atoms with Crippen molar-refractivity contribution in [1.29, 1.82) is 0 Å². The maximum atomic E-state index is 12.3. The van der Waals surface area contributed by atoms with E-state index in [1.54, 1.807) is 11.8 Å². The van der Waals surface area contributed by atoms with Gasteiger partial charge in [-0.2, -0.15) is 0 Å². The Kier molecular flexibility index (Phi) is 6.42. The fourth-order valence-electron chi connectivity index (χ4n) is 2.82. The number of amides is 1. The summed E-state index contributed by atoms with van der Waals surface area (Å²) in [6.45, 7) is 8.95. The molecule has 1 saturated heterocycles. The smallest absolute Gasteiger partial charge is 0.410 e. The number of hydrogen-bond acceptors (Lipinski definition) is 5. The number of likely N-dealkylation sites (tertiary alicyclic amines) is 1. The van der Waals surface area contributed by atoms with E-state index < -0.39 is 17.6 Å². The molecule has 1 fully saturated rings. The highest BCUT2D eigenvalue weighted by Gasteiger charge is 2.41. The fourth-order valence-corrected chi connectivity index (χ4v) is 2.82. The van der Waals surface area contributed by atoms with E-state index in [0.29, 0.717) is 26.2 Å². The largest absolute Gasteiger partial charge is 0.466 e. The first-order valence-electron chi connectivity index (χ1n) is 8.72. The van der Waals surface area contributed by atoms with Crippen LogP contribution >= 0.6 is 0 Å². The lowest BCUT2D eigenvalue weighted by molar-refractivity contribution is -0.148. The van der Waals surface area contributed by atoms with E-state index in [-0.39, 0.29) is 12.0 Å². The number of carbonyl (C=O) groups is 2. The van der Waals surface area contributed by atoms with Gasteiger partial charge in [0.2, 0.25) is 0 Å². The number of nitrogens with zero attached hydrogens (tertiary/aromatic N) is 1. The molecule has 2 rings (SSSR count). The third kappa shape index (κ3) is 5.74. The number of benzene rings is 1. The first-order chi connectivity index (χ1) is 11.8. The molecule has 0 aromatic heterocycles. The molecule has 1 aliphatic heterocycles. The van der Waals surface area contributed by atoms with Gasteiger partial charge in [-0.3, -0.25) is 4.79 Å². The van der Waals surface area contributed by atoms with Crippen molar-refractivity contribution in [3.8, 4) is 0 Å². The molecule has 1 heterocycles. The van der Waals surface area contributed by atoms with Gasteiger partial charge in [-0.05, 0) is 33.3 Å². The summed E-state index contributed by atoms with van der Waals surface area (Å²) >= 11 is 0. The van der Waals surface area contributed by atoms with E-state index in [4.69, 9.17) is 9.47 Å². The first-order valence-corrected chi connectivity index (χ1v) is 8.72. The van der Waals surface area contributed by atoms with E-state index in [1.165, 1.54) is 0 Å². The molecule has 0 unspecified atom stereocenters. The lowest BCUT2D eigenvalue weighted by atomic mass is 10.0. The molecule has 0 bridgehead atoms. The van der Waals surface area contributed by atoms with Gasteiger partial charge in [0.05, 0.1) is 12.5 Å². The van der Waals surface area contributed by atoms with Crippen LogP contribution in [-0.2, 0) is 20.8 Å². The van der Waals surface area contributed by atoms with E-state index >= 15 is 0 Å². The van der Waals surface area contributed by atoms with Crippen LogP contribution in [0.5, 0.6) is 0 Å². The van der Waals surface area contributed by atoms with Gasteiger partial charge in [-0.1, -0.05) is 30.3 Å². The van der Waals surface area contributed by atoms with Crippen molar-refractivity contribution < 1.29 is 19.1 Å². The maximum Gasteiger partial charge on any atom is 0.410 e. The molecule has 0 spiro atoms. The van der Waals surface area contributed by atoms with Crippen molar-refractivity contribution in [2.24, 2.45) is 5.92 Å². The maximum absolute atomic E-state index is 12.3. The van der Waals surface area contributed by atoms with E-state index in [1.807, 2.05) is 51.1 Å². The van der Waals surface area contributed by atoms with E-state index in [2.05, 4.69) is 5.32 Å². The molecule has 1 amide bonds. The SMILES string of the molecule is CCOC(=O)[C@@H]1CN(C(=O)OC(C)(C)C)C[C@H]1NCc1ccccc1. The predicted molar refractivity (Wildman–Crippen MR) is 95.0 cm³/mol. The van der Waals surface area contributed by atoms with Crippen molar-refractivity contribution in [2.75, 3.05) is 19.7 Å². The van der Waals surface area contributed by atoms with Crippen LogP contribution in [0.3, 0.4) is 0 Å². The van der Waals surface area contributed by atoms with Crippen LogP contribution in [0.2, 0.25) is 0 Å². The van der Waals surface area contributed by atoms with E-state index in [0.717, 1.165) is 5.56 Å². The number of carbonyl (C=O) groups excluding carboxylic acids is 2. The number of nitrogens with one attached hydrogen (secondary N) is 1. The molecule has 0 saturated carbocycles. The molecule has 25 heavy (non-hydrogen) atoms. The van der Waals surface area contributed by atoms with Crippen LogP contribution in [0.1, 0.15) is 33.3 Å². The summed E-state index contributed by atoms with van der Waals surface area (Å²) in [5.74, 6) is -0.671. The summed E-state index contributed by atoms with van der Waals surface area (Å²) in [6.07, 6.45) is -0.397. The molecule has 0 aliphatic carbocycles. The average Bonchev–Trinajstić information content (AvgIpc) is 2.97. The second kappa shape index (κ2) is 8.34. The van der Waals surface area contributed by atoms with Crippen molar-refractivity contribution in [3.63, 3.8) is 0 Å². The van der Waals surface area contributed by atoms with Crippen LogP contribution in [-0.4, -0.2) is 48.3 Å². The van der Waals surface area contributed by atoms with Crippen LogP contribution in [0.4, 0.5) is 4.79 Å². The number of rotatable bonds is 5. The second-order valence-corrected chi connectivity index (χ2v) is 7.22. The quantitative estimate of drug-likeness (QED) is 0.829. The highest BCUT2D eigenvalue weighted by molar-refractivity contribution is 5.76. The summed E-state index contributed by atoms with van der Waals surface area (Å²) in [7, 11) is 0. The number of ether oxygens (including phenoxy) is 2. The van der Waals surface area contributed by atoms with Crippen molar-refractivity contribution in [2.45, 2.75) is 45.9 Å². The van der Waals surface area contributed by atoms with Gasteiger partial charge in [0.1, 0.15) is 5.60 Å². The molecule has 1 aromatic carbocycles. The Morgan fingerprint density at radius 2 is 1.88 bits per heavy atom. The fraction of sp³-hybridized carbons (Fsp3) is 0.579. The number of esters is 1. The van der Waals surface area contributed by atoms with Gasteiger partial charge in [-0.15, -0.1) is 0 Å². The minimum absolute atomic E-state index is 0.160. The minimum Gasteiger partial charge on any atom is -0.466 e. The number of hydrogen-bond donors (Lipinski definition) is 1. The Morgan fingerprint density at radius 1 is 1.20 bits per heavy atom. The molecule has 1 aromatic rings. The summed E-state index contributed by atoms with van der Waals surface area (Å²) < 4.78 is 10.6. The zero-order chi connectivity index (χ0) is 18.4. The van der Waals surface area contributed by atoms with Crippen LogP contribution in [0.15, 0.2) is 30.3 Å². The van der Waals surface area contributed by atoms with Gasteiger partial charge in [0.25, 0.3) is 0 Å². The van der Waals surface area contributed by atoms with Crippen molar-refractivity contribution >= 4 is 12.1 Å². The normalized spacial score (nSPS) is 20.4. The topological polar surface area (TPSA) is 67.9 Å². The molecule has 1 aliphatic rings. The van der Waals surface area contributed by atoms with Gasteiger partial charge in [0, 0.05) is 25.7 Å². The lowest BCUT2D eigenvalue weighted by Gasteiger charge is -2.24. The molecule has 6 nitrogen and oxygen atoms in total. The average molecular weight is 348 g/mol. The molecule has 2 atom stereocenters. The predicted octanol–water partition coefficient (Wildman–Crippen LogP) is 2.57. The van der Waals surface area contributed by atoms with Crippen LogP contribution < -0.4 is 5.32 Å². The van der Waals surface area contributed by atoms with Gasteiger partial charge < -0.3 is 19.7 Å². The molecule has 0 radical (unpaired) electrons. The van der Waals surface area contributed by atoms with Gasteiger partial charge in [-0.25, -0.2) is 4.79 Å². The Labute approximate surface area is 149 Å². The molecular weight excluding hydrogens is 320 g/mol. The highest BCUT2D eigenvalue weighted by Crippen LogP contribution is 2.22. The van der Waals surface area contributed by atoms with Crippen molar-refractivity contribution in [1.82, 2.24) is 10.2 Å². The molecule has 1 N–H and O–H groups in total. The Morgan fingerprint density at radius 3 is 2.48 bits per heavy atom. The molecular formula is C19H28N2O4. The van der Waals surface area contributed by atoms with Crippen LogP contribution in [0, 0.1) is 5.92 Å². The second-order valence-electron chi connectivity index (χ2n) is 7.22. The third-order valence-electron chi connectivity index (χ3n) is 3.97. The summed E-state index contributed by atoms with van der Waals surface area (Å²) in [4.78, 5) is 26.2.